The van der Waals surface area contributed by atoms with Crippen molar-refractivity contribution in [3.63, 3.8) is 0 Å². The highest BCUT2D eigenvalue weighted by Gasteiger charge is 2.12. The number of nitrogens with zero attached hydrogens (tertiary/aromatic N) is 4. The summed E-state index contributed by atoms with van der Waals surface area (Å²) in [6, 6.07) is 6.94. The first-order valence-electron chi connectivity index (χ1n) is 5.61. The largest absolute Gasteiger partial charge is 0.478 e. The van der Waals surface area contributed by atoms with Crippen LogP contribution < -0.4 is 5.73 Å². The number of hydrogen-bond acceptors (Lipinski definition) is 6. The number of fused-ring (bicyclic) bond motifs is 1. The summed E-state index contributed by atoms with van der Waals surface area (Å²) >= 11 is 1.23. The van der Waals surface area contributed by atoms with Gasteiger partial charge < -0.3 is 10.8 Å². The monoisotopic (exact) mass is 287 g/mol. The molecule has 0 amide bonds. The number of aromatic nitrogens is 4. The van der Waals surface area contributed by atoms with E-state index in [1.165, 1.54) is 24.0 Å². The SMILES string of the molecule is Nc1cc(C(=O)O)cnc1Sc1nnc2ccccn12. The second kappa shape index (κ2) is 4.82. The number of aromatic carboxylic acids is 1. The highest BCUT2D eigenvalue weighted by Crippen LogP contribution is 2.29. The molecule has 3 N–H and O–H groups in total. The third-order valence-electron chi connectivity index (χ3n) is 2.60. The molecule has 0 bridgehead atoms. The number of nitrogen functional groups attached to an aromatic ring is 1. The summed E-state index contributed by atoms with van der Waals surface area (Å²) in [5, 5.41) is 18.0. The summed E-state index contributed by atoms with van der Waals surface area (Å²) in [6.45, 7) is 0. The molecule has 0 saturated heterocycles. The average molecular weight is 287 g/mol. The van der Waals surface area contributed by atoms with E-state index in [4.69, 9.17) is 10.8 Å². The topological polar surface area (TPSA) is 106 Å². The lowest BCUT2D eigenvalue weighted by atomic mass is 10.3. The Hall–Kier alpha value is -2.61. The normalized spacial score (nSPS) is 10.8. The average Bonchev–Trinajstić information content (AvgIpc) is 2.84. The van der Waals surface area contributed by atoms with Gasteiger partial charge in [0.05, 0.1) is 11.3 Å². The molecule has 3 aromatic rings. The first-order valence-corrected chi connectivity index (χ1v) is 6.43. The first kappa shape index (κ1) is 12.4. The van der Waals surface area contributed by atoms with Crippen LogP contribution in [0.25, 0.3) is 5.65 Å². The Kier molecular flexibility index (Phi) is 2.99. The Morgan fingerprint density at radius 2 is 2.20 bits per heavy atom. The zero-order valence-corrected chi connectivity index (χ0v) is 10.9. The molecule has 3 aromatic heterocycles. The van der Waals surface area contributed by atoms with E-state index in [0.717, 1.165) is 5.65 Å². The standard InChI is InChI=1S/C12H9N5O2S/c13-8-5-7(11(18)19)6-14-10(8)20-12-16-15-9-3-1-2-4-17(9)12/h1-6H,13H2,(H,18,19). The Labute approximate surface area is 117 Å². The lowest BCUT2D eigenvalue weighted by Gasteiger charge is -2.04. The molecule has 0 spiro atoms. The van der Waals surface area contributed by atoms with Crippen LogP contribution in [0.3, 0.4) is 0 Å². The van der Waals surface area contributed by atoms with Crippen molar-refractivity contribution in [1.29, 1.82) is 0 Å². The Morgan fingerprint density at radius 1 is 1.35 bits per heavy atom. The maximum Gasteiger partial charge on any atom is 0.337 e. The van der Waals surface area contributed by atoms with E-state index < -0.39 is 5.97 Å². The fraction of sp³-hybridized carbons (Fsp3) is 0. The minimum absolute atomic E-state index is 0.0537. The van der Waals surface area contributed by atoms with Gasteiger partial charge in [-0.1, -0.05) is 6.07 Å². The number of nitrogens with two attached hydrogens (primary N) is 1. The lowest BCUT2D eigenvalue weighted by Crippen LogP contribution is -2.01. The summed E-state index contributed by atoms with van der Waals surface area (Å²) in [6.07, 6.45) is 3.10. The number of anilines is 1. The van der Waals surface area contributed by atoms with Crippen LogP contribution in [0.4, 0.5) is 5.69 Å². The maximum absolute atomic E-state index is 10.8. The van der Waals surface area contributed by atoms with Gasteiger partial charge in [-0.25, -0.2) is 9.78 Å². The summed E-state index contributed by atoms with van der Waals surface area (Å²) in [7, 11) is 0. The number of pyridine rings is 2. The predicted octanol–water partition coefficient (Wildman–Crippen LogP) is 1.56. The van der Waals surface area contributed by atoms with Crippen LogP contribution in [0, 0.1) is 0 Å². The zero-order valence-electron chi connectivity index (χ0n) is 10.1. The van der Waals surface area contributed by atoms with Crippen molar-refractivity contribution >= 4 is 29.1 Å². The van der Waals surface area contributed by atoms with Crippen LogP contribution in [0.5, 0.6) is 0 Å². The maximum atomic E-state index is 10.8. The van der Waals surface area contributed by atoms with Gasteiger partial charge in [-0.3, -0.25) is 4.40 Å². The predicted molar refractivity (Wildman–Crippen MR) is 72.7 cm³/mol. The fourth-order valence-corrected chi connectivity index (χ4v) is 2.44. The van der Waals surface area contributed by atoms with E-state index in [-0.39, 0.29) is 5.56 Å². The highest BCUT2D eigenvalue weighted by molar-refractivity contribution is 7.99. The van der Waals surface area contributed by atoms with Gasteiger partial charge in [0.25, 0.3) is 0 Å². The molecule has 20 heavy (non-hydrogen) atoms. The Bertz CT molecular complexity index is 801. The van der Waals surface area contributed by atoms with Crippen LogP contribution in [-0.4, -0.2) is 30.7 Å². The summed E-state index contributed by atoms with van der Waals surface area (Å²) in [5.41, 5.74) is 6.88. The van der Waals surface area contributed by atoms with Crippen molar-refractivity contribution in [1.82, 2.24) is 19.6 Å². The second-order valence-corrected chi connectivity index (χ2v) is 4.89. The lowest BCUT2D eigenvalue weighted by molar-refractivity contribution is 0.0696. The van der Waals surface area contributed by atoms with E-state index in [1.807, 2.05) is 24.4 Å². The van der Waals surface area contributed by atoms with Crippen molar-refractivity contribution in [2.24, 2.45) is 0 Å². The van der Waals surface area contributed by atoms with Crippen molar-refractivity contribution in [3.05, 3.63) is 42.2 Å². The van der Waals surface area contributed by atoms with E-state index in [1.54, 1.807) is 4.40 Å². The molecular formula is C12H9N5O2S. The smallest absolute Gasteiger partial charge is 0.337 e. The van der Waals surface area contributed by atoms with Gasteiger partial charge in [0.1, 0.15) is 5.03 Å². The molecule has 0 radical (unpaired) electrons. The van der Waals surface area contributed by atoms with E-state index in [0.29, 0.717) is 15.9 Å². The van der Waals surface area contributed by atoms with Crippen molar-refractivity contribution < 1.29 is 9.90 Å². The zero-order chi connectivity index (χ0) is 14.1. The van der Waals surface area contributed by atoms with Crippen LogP contribution in [-0.2, 0) is 0 Å². The van der Waals surface area contributed by atoms with Gasteiger partial charge in [0.15, 0.2) is 5.65 Å². The van der Waals surface area contributed by atoms with Crippen LogP contribution in [0.2, 0.25) is 0 Å². The number of hydrogen-bond donors (Lipinski definition) is 2. The Morgan fingerprint density at radius 3 is 2.95 bits per heavy atom. The highest BCUT2D eigenvalue weighted by atomic mass is 32.2. The molecular weight excluding hydrogens is 278 g/mol. The van der Waals surface area contributed by atoms with Crippen LogP contribution >= 0.6 is 11.8 Å². The molecule has 0 aliphatic heterocycles. The molecule has 100 valence electrons. The molecule has 0 aliphatic carbocycles. The van der Waals surface area contributed by atoms with Crippen molar-refractivity contribution in [2.75, 3.05) is 5.73 Å². The number of rotatable bonds is 3. The van der Waals surface area contributed by atoms with Gasteiger partial charge in [-0.05, 0) is 30.0 Å². The van der Waals surface area contributed by atoms with Gasteiger partial charge >= 0.3 is 5.97 Å². The summed E-state index contributed by atoms with van der Waals surface area (Å²) in [4.78, 5) is 14.9. The molecule has 0 saturated carbocycles. The molecule has 0 unspecified atom stereocenters. The quantitative estimate of drug-likeness (QED) is 0.752. The number of carboxylic acid groups (broad SMARTS) is 1. The molecule has 3 rings (SSSR count). The third-order valence-corrected chi connectivity index (χ3v) is 3.59. The molecule has 0 atom stereocenters. The van der Waals surface area contributed by atoms with Gasteiger partial charge in [-0.15, -0.1) is 10.2 Å². The second-order valence-electron chi connectivity index (χ2n) is 3.94. The van der Waals surface area contributed by atoms with Gasteiger partial charge in [-0.2, -0.15) is 0 Å². The molecule has 0 aliphatic rings. The molecule has 0 fully saturated rings. The van der Waals surface area contributed by atoms with Crippen LogP contribution in [0.15, 0.2) is 46.8 Å². The molecule has 8 heteroatoms. The van der Waals surface area contributed by atoms with Crippen molar-refractivity contribution in [3.8, 4) is 0 Å². The minimum atomic E-state index is -1.06. The third kappa shape index (κ3) is 2.16. The van der Waals surface area contributed by atoms with Gasteiger partial charge in [0, 0.05) is 12.4 Å². The summed E-state index contributed by atoms with van der Waals surface area (Å²) < 4.78 is 1.80. The van der Waals surface area contributed by atoms with E-state index in [9.17, 15) is 4.79 Å². The molecule has 7 nitrogen and oxygen atoms in total. The summed E-state index contributed by atoms with van der Waals surface area (Å²) in [5.74, 6) is -1.06. The van der Waals surface area contributed by atoms with Crippen LogP contribution in [0.1, 0.15) is 10.4 Å². The Balaban J connectivity index is 1.97. The minimum Gasteiger partial charge on any atom is -0.478 e. The number of carboxylic acids is 1. The molecule has 0 aromatic carbocycles. The number of carbonyl (C=O) groups is 1. The first-order chi connectivity index (χ1) is 9.65. The molecule has 3 heterocycles. The van der Waals surface area contributed by atoms with Crippen molar-refractivity contribution in [2.45, 2.75) is 10.2 Å². The van der Waals surface area contributed by atoms with Gasteiger partial charge in [0.2, 0.25) is 5.16 Å². The fourth-order valence-electron chi connectivity index (χ4n) is 1.65. The van der Waals surface area contributed by atoms with E-state index in [2.05, 4.69) is 15.2 Å². The van der Waals surface area contributed by atoms with E-state index >= 15 is 0 Å².